The van der Waals surface area contributed by atoms with Crippen LogP contribution in [0.15, 0.2) is 65.5 Å². The van der Waals surface area contributed by atoms with Crippen LogP contribution in [0.25, 0.3) is 38.5 Å². The second-order valence-corrected chi connectivity index (χ2v) is 8.91. The van der Waals surface area contributed by atoms with E-state index in [1.807, 2.05) is 36.4 Å². The number of anilines is 1. The number of nitrogens with zero attached hydrogens (tertiary/aromatic N) is 4. The second-order valence-electron chi connectivity index (χ2n) is 7.89. The van der Waals surface area contributed by atoms with E-state index in [-0.39, 0.29) is 4.87 Å². The molecule has 0 saturated carbocycles. The quantitative estimate of drug-likeness (QED) is 0.441. The van der Waals surface area contributed by atoms with E-state index in [0.717, 1.165) is 57.4 Å². The molecule has 0 spiro atoms. The van der Waals surface area contributed by atoms with Gasteiger partial charge in [-0.05, 0) is 49.6 Å². The van der Waals surface area contributed by atoms with Gasteiger partial charge in [0, 0.05) is 18.7 Å². The topological polar surface area (TPSA) is 66.8 Å². The number of benzene rings is 2. The first-order chi connectivity index (χ1) is 15.3. The lowest BCUT2D eigenvalue weighted by Gasteiger charge is -2.27. The number of H-pyrrole nitrogens is 1. The molecule has 0 bridgehead atoms. The minimum atomic E-state index is -0.0450. The highest BCUT2D eigenvalue weighted by molar-refractivity contribution is 7.16. The zero-order chi connectivity index (χ0) is 20.8. The first kappa shape index (κ1) is 18.3. The Kier molecular flexibility index (Phi) is 4.35. The van der Waals surface area contributed by atoms with Gasteiger partial charge in [0.25, 0.3) is 0 Å². The molecule has 3 aromatic heterocycles. The van der Waals surface area contributed by atoms with E-state index in [0.29, 0.717) is 0 Å². The zero-order valence-corrected chi connectivity index (χ0v) is 17.7. The number of imidazole rings is 1. The third-order valence-electron chi connectivity index (χ3n) is 5.86. The Hall–Kier alpha value is -3.45. The fraction of sp³-hybridized carbons (Fsp3) is 0.208. The van der Waals surface area contributed by atoms with Gasteiger partial charge in [0.1, 0.15) is 17.2 Å². The maximum absolute atomic E-state index is 11.8. The summed E-state index contributed by atoms with van der Waals surface area (Å²) in [6.07, 6.45) is 3.70. The monoisotopic (exact) mass is 427 g/mol. The van der Waals surface area contributed by atoms with Gasteiger partial charge in [0.2, 0.25) is 0 Å². The number of hydrogen-bond acceptors (Lipinski definition) is 5. The van der Waals surface area contributed by atoms with Crippen molar-refractivity contribution in [1.29, 1.82) is 0 Å². The Morgan fingerprint density at radius 1 is 0.903 bits per heavy atom. The van der Waals surface area contributed by atoms with Gasteiger partial charge in [0.05, 0.1) is 15.9 Å². The van der Waals surface area contributed by atoms with Gasteiger partial charge < -0.3 is 9.88 Å². The molecule has 1 fully saturated rings. The van der Waals surface area contributed by atoms with Crippen LogP contribution in [0.3, 0.4) is 0 Å². The van der Waals surface area contributed by atoms with Gasteiger partial charge in [-0.2, -0.15) is 0 Å². The zero-order valence-electron chi connectivity index (χ0n) is 16.9. The number of fused-ring (bicyclic) bond motifs is 2. The molecule has 1 saturated heterocycles. The van der Waals surface area contributed by atoms with E-state index in [1.54, 1.807) is 0 Å². The molecule has 154 valence electrons. The molecule has 1 N–H and O–H groups in total. The van der Waals surface area contributed by atoms with Crippen molar-refractivity contribution in [3.63, 3.8) is 0 Å². The number of rotatable bonds is 3. The predicted molar refractivity (Wildman–Crippen MR) is 126 cm³/mol. The number of hydrogen-bond donors (Lipinski definition) is 1. The molecule has 0 amide bonds. The van der Waals surface area contributed by atoms with Crippen LogP contribution in [0.1, 0.15) is 19.3 Å². The van der Waals surface area contributed by atoms with E-state index in [4.69, 9.17) is 9.97 Å². The van der Waals surface area contributed by atoms with Gasteiger partial charge in [0.15, 0.2) is 5.65 Å². The lowest BCUT2D eigenvalue weighted by atomic mass is 10.1. The summed E-state index contributed by atoms with van der Waals surface area (Å²) in [5.41, 5.74) is 4.53. The summed E-state index contributed by atoms with van der Waals surface area (Å²) < 4.78 is 3.04. The smallest absolute Gasteiger partial charge is 0.305 e. The molecule has 31 heavy (non-hydrogen) atoms. The Morgan fingerprint density at radius 2 is 1.74 bits per heavy atom. The second kappa shape index (κ2) is 7.35. The lowest BCUT2D eigenvalue weighted by molar-refractivity contribution is 0.574. The average molecular weight is 428 g/mol. The summed E-state index contributed by atoms with van der Waals surface area (Å²) in [4.78, 5) is 27.0. The molecular weight excluding hydrogens is 406 g/mol. The van der Waals surface area contributed by atoms with E-state index < -0.39 is 0 Å². The maximum atomic E-state index is 11.8. The first-order valence-corrected chi connectivity index (χ1v) is 11.4. The normalized spacial score (nSPS) is 14.5. The summed E-state index contributed by atoms with van der Waals surface area (Å²) in [7, 11) is 0. The summed E-state index contributed by atoms with van der Waals surface area (Å²) in [6, 6.07) is 20.4. The van der Waals surface area contributed by atoms with Crippen LogP contribution in [-0.4, -0.2) is 32.6 Å². The first-order valence-electron chi connectivity index (χ1n) is 10.6. The number of pyridine rings is 1. The van der Waals surface area contributed by atoms with E-state index in [9.17, 15) is 4.79 Å². The van der Waals surface area contributed by atoms with Crippen molar-refractivity contribution in [2.75, 3.05) is 18.0 Å². The molecular formula is C24H21N5OS. The molecule has 0 unspecified atom stereocenters. The molecule has 0 atom stereocenters. The number of nitrogens with one attached hydrogen (secondary N) is 1. The summed E-state index contributed by atoms with van der Waals surface area (Å²) in [5, 5.41) is 0. The van der Waals surface area contributed by atoms with E-state index >= 15 is 0 Å². The van der Waals surface area contributed by atoms with Crippen molar-refractivity contribution in [1.82, 2.24) is 19.5 Å². The minimum Gasteiger partial charge on any atom is -0.357 e. The Balaban J connectivity index is 1.60. The lowest BCUT2D eigenvalue weighted by Crippen LogP contribution is -2.30. The largest absolute Gasteiger partial charge is 0.357 e. The maximum Gasteiger partial charge on any atom is 0.305 e. The highest BCUT2D eigenvalue weighted by atomic mass is 32.1. The van der Waals surface area contributed by atoms with Crippen LogP contribution in [0.4, 0.5) is 5.82 Å². The Labute approximate surface area is 182 Å². The molecule has 1 aliphatic rings. The molecule has 7 heteroatoms. The van der Waals surface area contributed by atoms with Gasteiger partial charge in [-0.3, -0.25) is 9.36 Å². The molecule has 2 aromatic carbocycles. The number of aromatic amines is 1. The van der Waals surface area contributed by atoms with Crippen molar-refractivity contribution < 1.29 is 0 Å². The van der Waals surface area contributed by atoms with E-state index in [2.05, 4.69) is 38.7 Å². The van der Waals surface area contributed by atoms with Crippen molar-refractivity contribution >= 4 is 38.5 Å². The standard InChI is InChI=1S/C24H21N5OS/c30-24-26-18-10-9-17(15-20(18)31-24)29-22(16-7-3-1-4-8-16)25-19-11-12-21(27-23(19)29)28-13-5-2-6-14-28/h1,3-4,7-12,15H,2,5-6,13-14H2,(H,26,30). The predicted octanol–water partition coefficient (Wildman–Crippen LogP) is 4.98. The van der Waals surface area contributed by atoms with Gasteiger partial charge in [-0.1, -0.05) is 41.7 Å². The van der Waals surface area contributed by atoms with Crippen LogP contribution in [-0.2, 0) is 0 Å². The summed E-state index contributed by atoms with van der Waals surface area (Å²) in [5.74, 6) is 1.85. The van der Waals surface area contributed by atoms with Crippen LogP contribution in [0, 0.1) is 0 Å². The number of aromatic nitrogens is 4. The molecule has 6 nitrogen and oxygen atoms in total. The highest BCUT2D eigenvalue weighted by Gasteiger charge is 2.19. The molecule has 6 rings (SSSR count). The Bertz CT molecular complexity index is 1440. The third-order valence-corrected chi connectivity index (χ3v) is 6.71. The highest BCUT2D eigenvalue weighted by Crippen LogP contribution is 2.31. The fourth-order valence-corrected chi connectivity index (χ4v) is 5.11. The molecule has 0 aliphatic carbocycles. The minimum absolute atomic E-state index is 0.0450. The number of thiazole rings is 1. The van der Waals surface area contributed by atoms with Crippen molar-refractivity contribution in [3.05, 3.63) is 70.3 Å². The fourth-order valence-electron chi connectivity index (χ4n) is 4.35. The van der Waals surface area contributed by atoms with Gasteiger partial charge in [-0.25, -0.2) is 9.97 Å². The number of piperidine rings is 1. The average Bonchev–Trinajstić information content (AvgIpc) is 3.38. The molecule has 1 aliphatic heterocycles. The van der Waals surface area contributed by atoms with Crippen LogP contribution < -0.4 is 9.77 Å². The molecule has 0 radical (unpaired) electrons. The SMILES string of the molecule is O=c1[nH]c2ccc(-n3c(-c4ccccc4)nc4ccc(N5CCCCC5)nc43)cc2s1. The summed E-state index contributed by atoms with van der Waals surface area (Å²) in [6.45, 7) is 2.09. The van der Waals surface area contributed by atoms with Gasteiger partial charge >= 0.3 is 4.87 Å². The summed E-state index contributed by atoms with van der Waals surface area (Å²) >= 11 is 1.22. The van der Waals surface area contributed by atoms with Crippen molar-refractivity contribution in [3.8, 4) is 17.1 Å². The third kappa shape index (κ3) is 3.21. The van der Waals surface area contributed by atoms with Crippen LogP contribution in [0.5, 0.6) is 0 Å². The van der Waals surface area contributed by atoms with Crippen molar-refractivity contribution in [2.24, 2.45) is 0 Å². The van der Waals surface area contributed by atoms with Gasteiger partial charge in [-0.15, -0.1) is 0 Å². The van der Waals surface area contributed by atoms with Crippen molar-refractivity contribution in [2.45, 2.75) is 19.3 Å². The van der Waals surface area contributed by atoms with Crippen LogP contribution >= 0.6 is 11.3 Å². The van der Waals surface area contributed by atoms with Crippen LogP contribution in [0.2, 0.25) is 0 Å². The van der Waals surface area contributed by atoms with E-state index in [1.165, 1.54) is 30.6 Å². The molecule has 5 aromatic rings. The molecule has 4 heterocycles. The Morgan fingerprint density at radius 3 is 2.58 bits per heavy atom.